The number of aromatic nitrogens is 1. The minimum Gasteiger partial charge on any atom is -0.619 e. The summed E-state index contributed by atoms with van der Waals surface area (Å²) in [5, 5.41) is 13.9. The molecule has 0 unspecified atom stereocenters. The molecule has 132 valence electrons. The van der Waals surface area contributed by atoms with Gasteiger partial charge in [0.25, 0.3) is 5.91 Å². The first-order valence-electron chi connectivity index (χ1n) is 7.98. The molecular weight excluding hydrogens is 335 g/mol. The summed E-state index contributed by atoms with van der Waals surface area (Å²) < 4.78 is 20.9. The SMILES string of the molecule is Cc1ccc(Oc2ccc(C)c(F)c2C(=O)Nc2ccc[n+]([O-])c2)cc1. The molecule has 0 aliphatic heterocycles. The van der Waals surface area contributed by atoms with E-state index in [-0.39, 0.29) is 17.0 Å². The standard InChI is InChI=1S/C20H17FN2O3/c1-13-5-8-16(9-6-13)26-17-10-7-14(2)19(21)18(17)20(24)22-15-4-3-11-23(25)12-15/h3-12H,1-2H3,(H,22,24). The number of pyridine rings is 1. The highest BCUT2D eigenvalue weighted by Gasteiger charge is 2.21. The van der Waals surface area contributed by atoms with Crippen LogP contribution in [-0.4, -0.2) is 5.91 Å². The highest BCUT2D eigenvalue weighted by Crippen LogP contribution is 2.29. The number of rotatable bonds is 4. The van der Waals surface area contributed by atoms with Crippen LogP contribution in [0.3, 0.4) is 0 Å². The van der Waals surface area contributed by atoms with Gasteiger partial charge in [-0.05, 0) is 43.7 Å². The average Bonchev–Trinajstić information content (AvgIpc) is 2.60. The van der Waals surface area contributed by atoms with Gasteiger partial charge >= 0.3 is 0 Å². The Bertz CT molecular complexity index is 956. The van der Waals surface area contributed by atoms with Gasteiger partial charge in [0, 0.05) is 6.07 Å². The molecule has 6 heteroatoms. The molecule has 0 bridgehead atoms. The fraction of sp³-hybridized carbons (Fsp3) is 0.100. The largest absolute Gasteiger partial charge is 0.619 e. The molecule has 3 rings (SSSR count). The number of anilines is 1. The summed E-state index contributed by atoms with van der Waals surface area (Å²) in [6.45, 7) is 3.51. The molecule has 0 aliphatic rings. The molecule has 26 heavy (non-hydrogen) atoms. The third kappa shape index (κ3) is 3.80. The molecule has 1 aromatic heterocycles. The van der Waals surface area contributed by atoms with Crippen molar-refractivity contribution >= 4 is 11.6 Å². The van der Waals surface area contributed by atoms with E-state index in [1.54, 1.807) is 37.3 Å². The van der Waals surface area contributed by atoms with Crippen LogP contribution in [0.2, 0.25) is 0 Å². The van der Waals surface area contributed by atoms with E-state index in [2.05, 4.69) is 5.32 Å². The van der Waals surface area contributed by atoms with Crippen molar-refractivity contribution in [2.75, 3.05) is 5.32 Å². The maximum Gasteiger partial charge on any atom is 0.262 e. The van der Waals surface area contributed by atoms with E-state index in [4.69, 9.17) is 4.74 Å². The second-order valence-electron chi connectivity index (χ2n) is 5.89. The Morgan fingerprint density at radius 3 is 2.54 bits per heavy atom. The Labute approximate surface area is 150 Å². The summed E-state index contributed by atoms with van der Waals surface area (Å²) in [5.41, 5.74) is 1.42. The normalized spacial score (nSPS) is 10.4. The van der Waals surface area contributed by atoms with Gasteiger partial charge in [0.15, 0.2) is 6.20 Å². The zero-order chi connectivity index (χ0) is 18.7. The van der Waals surface area contributed by atoms with Crippen LogP contribution >= 0.6 is 0 Å². The maximum absolute atomic E-state index is 14.7. The van der Waals surface area contributed by atoms with Crippen molar-refractivity contribution in [3.63, 3.8) is 0 Å². The molecule has 0 saturated carbocycles. The van der Waals surface area contributed by atoms with Crippen molar-refractivity contribution < 1.29 is 18.7 Å². The molecule has 1 heterocycles. The molecule has 0 saturated heterocycles. The van der Waals surface area contributed by atoms with Crippen LogP contribution in [0.5, 0.6) is 11.5 Å². The van der Waals surface area contributed by atoms with Gasteiger partial charge in [-0.1, -0.05) is 23.8 Å². The number of carbonyl (C=O) groups excluding carboxylic acids is 1. The van der Waals surface area contributed by atoms with Gasteiger partial charge in [-0.15, -0.1) is 0 Å². The average molecular weight is 352 g/mol. The van der Waals surface area contributed by atoms with Crippen LogP contribution in [0.15, 0.2) is 60.9 Å². The molecule has 0 spiro atoms. The van der Waals surface area contributed by atoms with Crippen molar-refractivity contribution in [1.29, 1.82) is 0 Å². The van der Waals surface area contributed by atoms with Gasteiger partial charge in [-0.3, -0.25) is 4.79 Å². The number of ether oxygens (including phenoxy) is 1. The fourth-order valence-electron chi connectivity index (χ4n) is 2.41. The van der Waals surface area contributed by atoms with E-state index in [9.17, 15) is 14.4 Å². The summed E-state index contributed by atoms with van der Waals surface area (Å²) >= 11 is 0. The smallest absolute Gasteiger partial charge is 0.262 e. The summed E-state index contributed by atoms with van der Waals surface area (Å²) in [6.07, 6.45) is 2.47. The summed E-state index contributed by atoms with van der Waals surface area (Å²) in [4.78, 5) is 12.6. The molecule has 0 radical (unpaired) electrons. The zero-order valence-corrected chi connectivity index (χ0v) is 14.3. The van der Waals surface area contributed by atoms with Crippen molar-refractivity contribution in [2.24, 2.45) is 0 Å². The minimum atomic E-state index is -0.695. The van der Waals surface area contributed by atoms with Gasteiger partial charge in [0.05, 0.1) is 0 Å². The monoisotopic (exact) mass is 352 g/mol. The molecule has 0 atom stereocenters. The first-order valence-corrected chi connectivity index (χ1v) is 7.98. The topological polar surface area (TPSA) is 65.3 Å². The lowest BCUT2D eigenvalue weighted by Gasteiger charge is -2.13. The van der Waals surface area contributed by atoms with Crippen molar-refractivity contribution in [1.82, 2.24) is 0 Å². The highest BCUT2D eigenvalue weighted by atomic mass is 19.1. The summed E-state index contributed by atoms with van der Waals surface area (Å²) in [5.74, 6) is -0.775. The summed E-state index contributed by atoms with van der Waals surface area (Å²) in [6, 6.07) is 13.3. The molecule has 0 fully saturated rings. The van der Waals surface area contributed by atoms with Crippen LogP contribution in [-0.2, 0) is 0 Å². The Hall–Kier alpha value is -3.41. The van der Waals surface area contributed by atoms with E-state index >= 15 is 0 Å². The number of carbonyl (C=O) groups is 1. The van der Waals surface area contributed by atoms with Crippen LogP contribution in [0.25, 0.3) is 0 Å². The van der Waals surface area contributed by atoms with Crippen molar-refractivity contribution in [3.05, 3.63) is 88.6 Å². The number of nitrogens with one attached hydrogen (secondary N) is 1. The van der Waals surface area contributed by atoms with Gasteiger partial charge < -0.3 is 15.3 Å². The Kier molecular flexibility index (Phi) is 4.84. The maximum atomic E-state index is 14.7. The highest BCUT2D eigenvalue weighted by molar-refractivity contribution is 6.06. The lowest BCUT2D eigenvalue weighted by atomic mass is 10.1. The van der Waals surface area contributed by atoms with Crippen molar-refractivity contribution in [2.45, 2.75) is 13.8 Å². The van der Waals surface area contributed by atoms with Gasteiger partial charge in [-0.2, -0.15) is 4.73 Å². The first kappa shape index (κ1) is 17.4. The van der Waals surface area contributed by atoms with E-state index in [0.717, 1.165) is 5.56 Å². The van der Waals surface area contributed by atoms with E-state index in [1.807, 2.05) is 19.1 Å². The number of hydrogen-bond acceptors (Lipinski definition) is 3. The Balaban J connectivity index is 1.95. The van der Waals surface area contributed by atoms with Crippen LogP contribution < -0.4 is 14.8 Å². The van der Waals surface area contributed by atoms with Crippen LogP contribution in [0.4, 0.5) is 10.1 Å². The third-order valence-corrected chi connectivity index (χ3v) is 3.81. The first-order chi connectivity index (χ1) is 12.4. The quantitative estimate of drug-likeness (QED) is 0.567. The number of hydrogen-bond donors (Lipinski definition) is 1. The number of amides is 1. The number of nitrogens with zero attached hydrogens (tertiary/aromatic N) is 1. The molecule has 5 nitrogen and oxygen atoms in total. The van der Waals surface area contributed by atoms with E-state index < -0.39 is 11.7 Å². The molecule has 2 aromatic carbocycles. The second kappa shape index (κ2) is 7.23. The second-order valence-corrected chi connectivity index (χ2v) is 5.89. The van der Waals surface area contributed by atoms with Crippen molar-refractivity contribution in [3.8, 4) is 11.5 Å². The third-order valence-electron chi connectivity index (χ3n) is 3.81. The van der Waals surface area contributed by atoms with Gasteiger partial charge in [0.1, 0.15) is 28.6 Å². The molecule has 1 N–H and O–H groups in total. The van der Waals surface area contributed by atoms with Crippen LogP contribution in [0.1, 0.15) is 21.5 Å². The van der Waals surface area contributed by atoms with Crippen LogP contribution in [0, 0.1) is 24.9 Å². The molecule has 0 aliphatic carbocycles. The molecular formula is C20H17FN2O3. The zero-order valence-electron chi connectivity index (χ0n) is 14.3. The number of aryl methyl sites for hydroxylation is 2. The summed E-state index contributed by atoms with van der Waals surface area (Å²) in [7, 11) is 0. The Morgan fingerprint density at radius 2 is 1.85 bits per heavy atom. The predicted molar refractivity (Wildman–Crippen MR) is 95.7 cm³/mol. The molecule has 3 aromatic rings. The Morgan fingerprint density at radius 1 is 1.12 bits per heavy atom. The lowest BCUT2D eigenvalue weighted by Crippen LogP contribution is -2.26. The fourth-order valence-corrected chi connectivity index (χ4v) is 2.41. The number of halogens is 1. The van der Waals surface area contributed by atoms with Gasteiger partial charge in [-0.25, -0.2) is 4.39 Å². The predicted octanol–water partition coefficient (Wildman–Crippen LogP) is 4.12. The lowest BCUT2D eigenvalue weighted by molar-refractivity contribution is -0.604. The van der Waals surface area contributed by atoms with E-state index in [1.165, 1.54) is 18.5 Å². The molecule has 1 amide bonds. The number of benzene rings is 2. The van der Waals surface area contributed by atoms with E-state index in [0.29, 0.717) is 16.0 Å². The minimum absolute atomic E-state index is 0.0976. The van der Waals surface area contributed by atoms with Gasteiger partial charge in [0.2, 0.25) is 6.20 Å².